The Morgan fingerprint density at radius 3 is 2.21 bits per heavy atom. The van der Waals surface area contributed by atoms with Crippen molar-refractivity contribution in [3.63, 3.8) is 0 Å². The number of rotatable bonds is 11. The highest BCUT2D eigenvalue weighted by Crippen LogP contribution is 2.29. The van der Waals surface area contributed by atoms with Crippen molar-refractivity contribution >= 4 is 11.8 Å². The van der Waals surface area contributed by atoms with Crippen LogP contribution in [0.2, 0.25) is 0 Å². The molecule has 0 aliphatic carbocycles. The normalized spacial score (nSPS) is 12.5. The van der Waals surface area contributed by atoms with Gasteiger partial charge in [-0.2, -0.15) is 0 Å². The van der Waals surface area contributed by atoms with Crippen molar-refractivity contribution < 1.29 is 29.2 Å². The standard InChI is InChI=1S/C26H29NO6/c1-19-7-11-21(12-8-19)27-26(30)33-25(20-9-13-22(14-10-20)31-18-17-29)24(15-16-28)32-23-5-3-2-4-6-23/h2-14,24-25,28-29H,15-18H2,1H3,(H,27,30)/t24-,25-/m0/s1. The number of carbonyl (C=O) groups excluding carboxylic acids is 1. The molecule has 3 N–H and O–H groups in total. The van der Waals surface area contributed by atoms with E-state index < -0.39 is 18.3 Å². The molecule has 3 aromatic rings. The summed E-state index contributed by atoms with van der Waals surface area (Å²) in [4.78, 5) is 12.7. The summed E-state index contributed by atoms with van der Waals surface area (Å²) < 4.78 is 17.3. The first-order valence-electron chi connectivity index (χ1n) is 10.8. The van der Waals surface area contributed by atoms with E-state index in [1.807, 2.05) is 37.3 Å². The Morgan fingerprint density at radius 2 is 1.58 bits per heavy atom. The van der Waals surface area contributed by atoms with Gasteiger partial charge < -0.3 is 24.4 Å². The van der Waals surface area contributed by atoms with E-state index in [-0.39, 0.29) is 26.2 Å². The molecule has 0 aliphatic rings. The molecule has 0 saturated carbocycles. The number of ether oxygens (including phenoxy) is 3. The van der Waals surface area contributed by atoms with Gasteiger partial charge in [0.05, 0.1) is 6.61 Å². The fourth-order valence-electron chi connectivity index (χ4n) is 3.25. The van der Waals surface area contributed by atoms with Crippen molar-refractivity contribution in [2.45, 2.75) is 25.6 Å². The van der Waals surface area contributed by atoms with E-state index in [0.29, 0.717) is 22.7 Å². The van der Waals surface area contributed by atoms with E-state index in [1.54, 1.807) is 48.5 Å². The molecule has 7 nitrogen and oxygen atoms in total. The Hall–Kier alpha value is -3.55. The summed E-state index contributed by atoms with van der Waals surface area (Å²) in [6.45, 7) is 1.92. The number of hydrogen-bond acceptors (Lipinski definition) is 6. The van der Waals surface area contributed by atoms with Crippen LogP contribution in [0, 0.1) is 6.92 Å². The summed E-state index contributed by atoms with van der Waals surface area (Å²) >= 11 is 0. The van der Waals surface area contributed by atoms with Gasteiger partial charge in [-0.1, -0.05) is 48.0 Å². The number of para-hydroxylation sites is 1. The zero-order valence-corrected chi connectivity index (χ0v) is 18.5. The van der Waals surface area contributed by atoms with Crippen LogP contribution < -0.4 is 14.8 Å². The highest BCUT2D eigenvalue weighted by Gasteiger charge is 2.29. The van der Waals surface area contributed by atoms with Crippen LogP contribution in [-0.2, 0) is 4.74 Å². The van der Waals surface area contributed by atoms with E-state index in [9.17, 15) is 9.90 Å². The minimum absolute atomic E-state index is 0.0871. The molecule has 0 heterocycles. The van der Waals surface area contributed by atoms with Crippen molar-refractivity contribution in [3.8, 4) is 11.5 Å². The van der Waals surface area contributed by atoms with Crippen LogP contribution in [0.4, 0.5) is 10.5 Å². The molecule has 33 heavy (non-hydrogen) atoms. The molecule has 0 unspecified atom stereocenters. The Morgan fingerprint density at radius 1 is 0.879 bits per heavy atom. The summed E-state index contributed by atoms with van der Waals surface area (Å²) in [5.41, 5.74) is 2.37. The van der Waals surface area contributed by atoms with Gasteiger partial charge in [0.1, 0.15) is 24.2 Å². The maximum Gasteiger partial charge on any atom is 0.412 e. The average molecular weight is 452 g/mol. The monoisotopic (exact) mass is 451 g/mol. The largest absolute Gasteiger partial charge is 0.491 e. The van der Waals surface area contributed by atoms with Gasteiger partial charge >= 0.3 is 6.09 Å². The van der Waals surface area contributed by atoms with Crippen LogP contribution in [0.5, 0.6) is 11.5 Å². The summed E-state index contributed by atoms with van der Waals surface area (Å²) in [7, 11) is 0. The maximum atomic E-state index is 12.7. The quantitative estimate of drug-likeness (QED) is 0.398. The Balaban J connectivity index is 1.83. The first-order chi connectivity index (χ1) is 16.1. The number of aryl methyl sites for hydroxylation is 1. The third kappa shape index (κ3) is 7.52. The molecule has 3 aromatic carbocycles. The average Bonchev–Trinajstić information content (AvgIpc) is 2.83. The molecule has 174 valence electrons. The topological polar surface area (TPSA) is 97.3 Å². The lowest BCUT2D eigenvalue weighted by atomic mass is 10.0. The minimum Gasteiger partial charge on any atom is -0.491 e. The smallest absolute Gasteiger partial charge is 0.412 e. The Kier molecular flexibility index (Phi) is 9.11. The summed E-state index contributed by atoms with van der Waals surface area (Å²) in [5, 5.41) is 21.4. The summed E-state index contributed by atoms with van der Waals surface area (Å²) in [6, 6.07) is 23.6. The molecule has 0 spiro atoms. The third-order valence-electron chi connectivity index (χ3n) is 4.88. The van der Waals surface area contributed by atoms with Crippen LogP contribution in [-0.4, -0.2) is 42.2 Å². The number of anilines is 1. The molecule has 3 rings (SSSR count). The Labute approximate surface area is 193 Å². The number of hydrogen-bond donors (Lipinski definition) is 3. The number of nitrogens with one attached hydrogen (secondary N) is 1. The van der Waals surface area contributed by atoms with Crippen LogP contribution in [0.25, 0.3) is 0 Å². The molecule has 0 saturated heterocycles. The first kappa shape index (κ1) is 24.1. The second-order valence-electron chi connectivity index (χ2n) is 7.44. The molecule has 0 fully saturated rings. The van der Waals surface area contributed by atoms with Crippen molar-refractivity contribution in [1.29, 1.82) is 0 Å². The molecule has 1 amide bonds. The van der Waals surface area contributed by atoms with E-state index in [4.69, 9.17) is 19.3 Å². The van der Waals surface area contributed by atoms with Gasteiger partial charge in [-0.15, -0.1) is 0 Å². The molecule has 0 aromatic heterocycles. The predicted octanol–water partition coefficient (Wildman–Crippen LogP) is 4.49. The molecule has 0 bridgehead atoms. The van der Waals surface area contributed by atoms with E-state index in [2.05, 4.69) is 5.32 Å². The van der Waals surface area contributed by atoms with Gasteiger partial charge in [0.25, 0.3) is 0 Å². The minimum atomic E-state index is -0.797. The number of aliphatic hydroxyl groups is 2. The molecule has 7 heteroatoms. The van der Waals surface area contributed by atoms with Crippen molar-refractivity contribution in [2.24, 2.45) is 0 Å². The van der Waals surface area contributed by atoms with Crippen LogP contribution in [0.15, 0.2) is 78.9 Å². The molecule has 0 radical (unpaired) electrons. The highest BCUT2D eigenvalue weighted by molar-refractivity contribution is 5.84. The van der Waals surface area contributed by atoms with E-state index in [1.165, 1.54) is 0 Å². The van der Waals surface area contributed by atoms with Crippen molar-refractivity contribution in [1.82, 2.24) is 0 Å². The van der Waals surface area contributed by atoms with E-state index >= 15 is 0 Å². The number of benzene rings is 3. The number of amides is 1. The summed E-state index contributed by atoms with van der Waals surface area (Å²) in [6.07, 6.45) is -1.82. The predicted molar refractivity (Wildman–Crippen MR) is 126 cm³/mol. The molecule has 0 aliphatic heterocycles. The van der Waals surface area contributed by atoms with Crippen molar-refractivity contribution in [2.75, 3.05) is 25.1 Å². The zero-order valence-electron chi connectivity index (χ0n) is 18.5. The van der Waals surface area contributed by atoms with Crippen LogP contribution in [0.3, 0.4) is 0 Å². The zero-order chi connectivity index (χ0) is 23.5. The Bertz CT molecular complexity index is 976. The van der Waals surface area contributed by atoms with Gasteiger partial charge in [-0.25, -0.2) is 4.79 Å². The van der Waals surface area contributed by atoms with Crippen molar-refractivity contribution in [3.05, 3.63) is 90.0 Å². The molecule has 2 atom stereocenters. The van der Waals surface area contributed by atoms with Gasteiger partial charge in [-0.3, -0.25) is 5.32 Å². The fourth-order valence-corrected chi connectivity index (χ4v) is 3.25. The van der Waals surface area contributed by atoms with Crippen LogP contribution >= 0.6 is 0 Å². The third-order valence-corrected chi connectivity index (χ3v) is 4.88. The fraction of sp³-hybridized carbons (Fsp3) is 0.269. The lowest BCUT2D eigenvalue weighted by Gasteiger charge is -2.28. The lowest BCUT2D eigenvalue weighted by molar-refractivity contribution is 0.00906. The van der Waals surface area contributed by atoms with E-state index in [0.717, 1.165) is 5.56 Å². The van der Waals surface area contributed by atoms with Gasteiger partial charge in [0, 0.05) is 18.7 Å². The number of aliphatic hydroxyl groups excluding tert-OH is 2. The molecular weight excluding hydrogens is 422 g/mol. The second-order valence-corrected chi connectivity index (χ2v) is 7.44. The maximum absolute atomic E-state index is 12.7. The van der Waals surface area contributed by atoms with Gasteiger partial charge in [0.15, 0.2) is 6.10 Å². The summed E-state index contributed by atoms with van der Waals surface area (Å²) in [5.74, 6) is 1.18. The second kappa shape index (κ2) is 12.5. The van der Waals surface area contributed by atoms with Gasteiger partial charge in [-0.05, 0) is 48.9 Å². The highest BCUT2D eigenvalue weighted by atomic mass is 16.6. The SMILES string of the molecule is Cc1ccc(NC(=O)O[C@@H](c2ccc(OCCO)cc2)[C@H](CCO)Oc2ccccc2)cc1. The molecular formula is C26H29NO6. The lowest BCUT2D eigenvalue weighted by Crippen LogP contribution is -2.31. The number of carbonyl (C=O) groups is 1. The van der Waals surface area contributed by atoms with Gasteiger partial charge in [0.2, 0.25) is 0 Å². The first-order valence-corrected chi connectivity index (χ1v) is 10.8. The van der Waals surface area contributed by atoms with Crippen LogP contribution in [0.1, 0.15) is 23.7 Å².